The quantitative estimate of drug-likeness (QED) is 0.601. The molecule has 7 nitrogen and oxygen atoms in total. The van der Waals surface area contributed by atoms with Crippen LogP contribution in [0.4, 0.5) is 11.4 Å². The molecule has 154 valence electrons. The van der Waals surface area contributed by atoms with Crippen molar-refractivity contribution in [3.05, 3.63) is 53.1 Å². The summed E-state index contributed by atoms with van der Waals surface area (Å²) in [6.45, 7) is 1.53. The topological polar surface area (TPSA) is 93.7 Å². The highest BCUT2D eigenvalue weighted by Gasteiger charge is 2.11. The van der Waals surface area contributed by atoms with Gasteiger partial charge in [0, 0.05) is 23.6 Å². The molecule has 0 fully saturated rings. The van der Waals surface area contributed by atoms with E-state index in [1.165, 1.54) is 7.11 Å². The summed E-state index contributed by atoms with van der Waals surface area (Å²) >= 11 is 5.92. The molecule has 0 unspecified atom stereocenters. The number of carbonyl (C=O) groups excluding carboxylic acids is 3. The first-order chi connectivity index (χ1) is 13.9. The average molecular weight is 419 g/mol. The van der Waals surface area contributed by atoms with Crippen LogP contribution in [0.2, 0.25) is 5.02 Å². The summed E-state index contributed by atoms with van der Waals surface area (Å²) in [4.78, 5) is 35.6. The van der Waals surface area contributed by atoms with Gasteiger partial charge in [-0.25, -0.2) is 0 Å². The van der Waals surface area contributed by atoms with Crippen LogP contribution in [-0.4, -0.2) is 31.5 Å². The molecule has 2 rings (SSSR count). The summed E-state index contributed by atoms with van der Waals surface area (Å²) in [5.41, 5.74) is 2.10. The molecule has 29 heavy (non-hydrogen) atoms. The fourth-order valence-electron chi connectivity index (χ4n) is 2.52. The van der Waals surface area contributed by atoms with Crippen LogP contribution < -0.4 is 15.4 Å². The lowest BCUT2D eigenvalue weighted by Crippen LogP contribution is -2.21. The molecule has 0 aliphatic carbocycles. The molecule has 0 aromatic heterocycles. The van der Waals surface area contributed by atoms with Gasteiger partial charge in [-0.3, -0.25) is 14.4 Å². The van der Waals surface area contributed by atoms with E-state index in [9.17, 15) is 14.4 Å². The molecular weight excluding hydrogens is 396 g/mol. The van der Waals surface area contributed by atoms with E-state index in [2.05, 4.69) is 10.6 Å². The van der Waals surface area contributed by atoms with E-state index in [1.54, 1.807) is 24.3 Å². The number of methoxy groups -OCH3 is 1. The number of rotatable bonds is 9. The van der Waals surface area contributed by atoms with Crippen molar-refractivity contribution in [3.63, 3.8) is 0 Å². The Hall–Kier alpha value is -3.06. The number of anilines is 2. The molecule has 0 saturated heterocycles. The van der Waals surface area contributed by atoms with Gasteiger partial charge in [0.25, 0.3) is 5.91 Å². The summed E-state index contributed by atoms with van der Waals surface area (Å²) in [6.07, 6.45) is 0.422. The number of benzene rings is 2. The maximum absolute atomic E-state index is 12.0. The van der Waals surface area contributed by atoms with Crippen molar-refractivity contribution in [2.24, 2.45) is 0 Å². The van der Waals surface area contributed by atoms with Gasteiger partial charge >= 0.3 is 5.97 Å². The van der Waals surface area contributed by atoms with E-state index in [0.717, 1.165) is 5.56 Å². The fraction of sp³-hybridized carbons (Fsp3) is 0.286. The highest BCUT2D eigenvalue weighted by atomic mass is 35.5. The van der Waals surface area contributed by atoms with Crippen LogP contribution in [0.15, 0.2) is 42.5 Å². The molecule has 0 saturated carbocycles. The Morgan fingerprint density at radius 2 is 1.79 bits per heavy atom. The first kappa shape index (κ1) is 22.2. The van der Waals surface area contributed by atoms with Gasteiger partial charge in [0.05, 0.1) is 12.8 Å². The number of hydrogen-bond donors (Lipinski definition) is 2. The monoisotopic (exact) mass is 418 g/mol. The van der Waals surface area contributed by atoms with Crippen molar-refractivity contribution in [1.82, 2.24) is 0 Å². The summed E-state index contributed by atoms with van der Waals surface area (Å²) in [5.74, 6) is -0.760. The molecule has 2 N–H and O–H groups in total. The van der Waals surface area contributed by atoms with Crippen molar-refractivity contribution < 1.29 is 23.9 Å². The van der Waals surface area contributed by atoms with E-state index in [0.29, 0.717) is 22.1 Å². The van der Waals surface area contributed by atoms with Crippen LogP contribution in [-0.2, 0) is 19.1 Å². The van der Waals surface area contributed by atoms with Gasteiger partial charge < -0.3 is 20.1 Å². The first-order valence-electron chi connectivity index (χ1n) is 9.03. The van der Waals surface area contributed by atoms with Crippen molar-refractivity contribution in [3.8, 4) is 5.75 Å². The number of aryl methyl sites for hydroxylation is 1. The number of ether oxygens (including phenoxy) is 2. The van der Waals surface area contributed by atoms with Crippen molar-refractivity contribution >= 4 is 40.8 Å². The lowest BCUT2D eigenvalue weighted by atomic mass is 10.2. The number of esters is 1. The number of amides is 2. The minimum Gasteiger partial charge on any atom is -0.495 e. The van der Waals surface area contributed by atoms with Crippen LogP contribution in [0.5, 0.6) is 5.75 Å². The van der Waals surface area contributed by atoms with Crippen LogP contribution in [0.3, 0.4) is 0 Å². The van der Waals surface area contributed by atoms with Crippen LogP contribution in [0, 0.1) is 6.92 Å². The Balaban J connectivity index is 1.68. The number of nitrogens with one attached hydrogen (secondary N) is 2. The van der Waals surface area contributed by atoms with Crippen LogP contribution in [0.1, 0.15) is 24.8 Å². The number of hydrogen-bond acceptors (Lipinski definition) is 5. The third-order valence-corrected chi connectivity index (χ3v) is 4.12. The Morgan fingerprint density at radius 3 is 2.52 bits per heavy atom. The van der Waals surface area contributed by atoms with Crippen LogP contribution >= 0.6 is 11.6 Å². The Kier molecular flexibility index (Phi) is 8.48. The van der Waals surface area contributed by atoms with Gasteiger partial charge in [-0.1, -0.05) is 23.7 Å². The third kappa shape index (κ3) is 7.83. The minimum absolute atomic E-state index is 0.0256. The smallest absolute Gasteiger partial charge is 0.306 e. The van der Waals surface area contributed by atoms with Crippen molar-refractivity contribution in [2.45, 2.75) is 26.2 Å². The summed E-state index contributed by atoms with van der Waals surface area (Å²) in [7, 11) is 1.49. The number of halogens is 1. The minimum atomic E-state index is -0.544. The van der Waals surface area contributed by atoms with Gasteiger partial charge in [-0.05, 0) is 49.2 Å². The Bertz CT molecular complexity index is 885. The molecule has 0 atom stereocenters. The standard InChI is InChI=1S/C21H23ClN2O5/c1-14-5-3-6-16(11-14)23-20(26)13-29-21(27)8-4-7-19(25)24-17-12-15(22)9-10-18(17)28-2/h3,5-6,9-12H,4,7-8,13H2,1-2H3,(H,23,26)(H,24,25). The van der Waals surface area contributed by atoms with Crippen LogP contribution in [0.25, 0.3) is 0 Å². The normalized spacial score (nSPS) is 10.2. The van der Waals surface area contributed by atoms with Gasteiger partial charge in [0.2, 0.25) is 5.91 Å². The van der Waals surface area contributed by atoms with Crippen molar-refractivity contribution in [1.29, 1.82) is 0 Å². The predicted molar refractivity (Wildman–Crippen MR) is 111 cm³/mol. The molecule has 0 aliphatic heterocycles. The summed E-state index contributed by atoms with van der Waals surface area (Å²) in [5, 5.41) is 5.81. The van der Waals surface area contributed by atoms with Gasteiger partial charge in [-0.15, -0.1) is 0 Å². The van der Waals surface area contributed by atoms with Crippen molar-refractivity contribution in [2.75, 3.05) is 24.4 Å². The molecule has 2 aromatic rings. The molecule has 2 aromatic carbocycles. The van der Waals surface area contributed by atoms with E-state index < -0.39 is 11.9 Å². The highest BCUT2D eigenvalue weighted by Crippen LogP contribution is 2.27. The second-order valence-corrected chi connectivity index (χ2v) is 6.76. The maximum Gasteiger partial charge on any atom is 0.306 e. The number of carbonyl (C=O) groups is 3. The second-order valence-electron chi connectivity index (χ2n) is 6.32. The summed E-state index contributed by atoms with van der Waals surface area (Å²) in [6, 6.07) is 12.2. The first-order valence-corrected chi connectivity index (χ1v) is 9.40. The Labute approximate surface area is 174 Å². The highest BCUT2D eigenvalue weighted by molar-refractivity contribution is 6.31. The maximum atomic E-state index is 12.0. The average Bonchev–Trinajstić information content (AvgIpc) is 2.66. The third-order valence-electron chi connectivity index (χ3n) is 3.89. The SMILES string of the molecule is COc1ccc(Cl)cc1NC(=O)CCCC(=O)OCC(=O)Nc1cccc(C)c1. The molecule has 0 bridgehead atoms. The second kappa shape index (κ2) is 11.1. The van der Waals surface area contributed by atoms with E-state index >= 15 is 0 Å². The molecule has 0 aliphatic rings. The molecule has 0 heterocycles. The molecule has 8 heteroatoms. The lowest BCUT2D eigenvalue weighted by molar-refractivity contribution is -0.147. The summed E-state index contributed by atoms with van der Waals surface area (Å²) < 4.78 is 10.1. The zero-order chi connectivity index (χ0) is 21.2. The zero-order valence-electron chi connectivity index (χ0n) is 16.3. The molecular formula is C21H23ClN2O5. The van der Waals surface area contributed by atoms with Gasteiger partial charge in [0.1, 0.15) is 5.75 Å². The zero-order valence-corrected chi connectivity index (χ0v) is 17.0. The fourth-order valence-corrected chi connectivity index (χ4v) is 2.69. The largest absolute Gasteiger partial charge is 0.495 e. The molecule has 0 radical (unpaired) electrons. The van der Waals surface area contributed by atoms with E-state index in [4.69, 9.17) is 21.1 Å². The van der Waals surface area contributed by atoms with E-state index in [-0.39, 0.29) is 31.8 Å². The van der Waals surface area contributed by atoms with E-state index in [1.807, 2.05) is 25.1 Å². The Morgan fingerprint density at radius 1 is 1.00 bits per heavy atom. The predicted octanol–water partition coefficient (Wildman–Crippen LogP) is 3.95. The molecule has 2 amide bonds. The lowest BCUT2D eigenvalue weighted by Gasteiger charge is -2.10. The van der Waals surface area contributed by atoms with Gasteiger partial charge in [0.15, 0.2) is 6.61 Å². The molecule has 0 spiro atoms. The van der Waals surface area contributed by atoms with Gasteiger partial charge in [-0.2, -0.15) is 0 Å².